The third kappa shape index (κ3) is 2.82. The molecule has 4 rings (SSSR count). The van der Waals surface area contributed by atoms with Gasteiger partial charge in [0.25, 0.3) is 5.56 Å². The molecule has 5 nitrogen and oxygen atoms in total. The van der Waals surface area contributed by atoms with Crippen LogP contribution in [0.4, 0.5) is 0 Å². The fraction of sp³-hybridized carbons (Fsp3) is 0.250. The van der Waals surface area contributed by atoms with Gasteiger partial charge in [0.15, 0.2) is 0 Å². The van der Waals surface area contributed by atoms with Crippen LogP contribution >= 0.6 is 0 Å². The number of carbonyl (C=O) groups excluding carboxylic acids is 1. The first-order valence-corrected chi connectivity index (χ1v) is 8.30. The SMILES string of the molecule is Cc1ccc2nc(COC(=O)C3(c4ccccc4)CC3)cc(=O)n2c1. The number of benzene rings is 1. The molecule has 0 radical (unpaired) electrons. The Morgan fingerprint density at radius 2 is 1.96 bits per heavy atom. The van der Waals surface area contributed by atoms with E-state index in [1.165, 1.54) is 10.5 Å². The molecule has 2 aromatic heterocycles. The van der Waals surface area contributed by atoms with E-state index in [4.69, 9.17) is 4.74 Å². The highest BCUT2D eigenvalue weighted by Gasteiger charge is 2.52. The topological polar surface area (TPSA) is 60.7 Å². The minimum Gasteiger partial charge on any atom is -0.458 e. The van der Waals surface area contributed by atoms with Crippen LogP contribution < -0.4 is 5.56 Å². The standard InChI is InChI=1S/C20H18N2O3/c1-14-7-8-17-21-16(11-18(23)22(17)12-14)13-25-19(24)20(9-10-20)15-5-3-2-4-6-15/h2-8,11-12H,9-10,13H2,1H3. The van der Waals surface area contributed by atoms with Gasteiger partial charge in [-0.3, -0.25) is 14.0 Å². The van der Waals surface area contributed by atoms with Crippen molar-refractivity contribution in [3.63, 3.8) is 0 Å². The van der Waals surface area contributed by atoms with Crippen LogP contribution in [0.1, 0.15) is 29.7 Å². The molecule has 0 amide bonds. The molecular weight excluding hydrogens is 316 g/mol. The molecule has 1 aliphatic rings. The van der Waals surface area contributed by atoms with Gasteiger partial charge in [-0.2, -0.15) is 0 Å². The molecule has 0 N–H and O–H groups in total. The highest BCUT2D eigenvalue weighted by atomic mass is 16.5. The number of esters is 1. The molecule has 3 aromatic rings. The molecule has 1 aromatic carbocycles. The number of aromatic nitrogens is 2. The van der Waals surface area contributed by atoms with Crippen LogP contribution in [-0.4, -0.2) is 15.4 Å². The molecule has 0 unspecified atom stereocenters. The normalized spacial score (nSPS) is 15.1. The molecule has 0 spiro atoms. The van der Waals surface area contributed by atoms with Gasteiger partial charge < -0.3 is 4.74 Å². The van der Waals surface area contributed by atoms with Gasteiger partial charge in [-0.1, -0.05) is 36.4 Å². The monoisotopic (exact) mass is 334 g/mol. The van der Waals surface area contributed by atoms with Crippen molar-refractivity contribution in [1.29, 1.82) is 0 Å². The molecule has 126 valence electrons. The van der Waals surface area contributed by atoms with Gasteiger partial charge in [0, 0.05) is 12.3 Å². The molecule has 1 saturated carbocycles. The van der Waals surface area contributed by atoms with E-state index in [9.17, 15) is 9.59 Å². The summed E-state index contributed by atoms with van der Waals surface area (Å²) in [5.41, 5.74) is 2.28. The number of ether oxygens (including phenoxy) is 1. The van der Waals surface area contributed by atoms with E-state index in [-0.39, 0.29) is 18.1 Å². The largest absolute Gasteiger partial charge is 0.458 e. The summed E-state index contributed by atoms with van der Waals surface area (Å²) in [6.07, 6.45) is 3.33. The van der Waals surface area contributed by atoms with Gasteiger partial charge in [-0.25, -0.2) is 4.98 Å². The van der Waals surface area contributed by atoms with Crippen molar-refractivity contribution >= 4 is 11.6 Å². The van der Waals surface area contributed by atoms with Gasteiger partial charge in [-0.15, -0.1) is 0 Å². The number of nitrogens with zero attached hydrogens (tertiary/aromatic N) is 2. The predicted octanol–water partition coefficient (Wildman–Crippen LogP) is 2.78. The average molecular weight is 334 g/mol. The Labute approximate surface area is 144 Å². The maximum atomic E-state index is 12.6. The van der Waals surface area contributed by atoms with Crippen LogP contribution in [0.3, 0.4) is 0 Å². The first kappa shape index (κ1) is 15.6. The summed E-state index contributed by atoms with van der Waals surface area (Å²) in [5.74, 6) is -0.246. The van der Waals surface area contributed by atoms with Crippen LogP contribution in [0.15, 0.2) is 59.5 Å². The van der Waals surface area contributed by atoms with Crippen LogP contribution in [0.2, 0.25) is 0 Å². The molecule has 0 saturated heterocycles. The Bertz CT molecular complexity index is 1000. The number of rotatable bonds is 4. The highest BCUT2D eigenvalue weighted by Crippen LogP contribution is 2.49. The lowest BCUT2D eigenvalue weighted by Gasteiger charge is -2.14. The fourth-order valence-electron chi connectivity index (χ4n) is 3.10. The molecule has 1 fully saturated rings. The Balaban J connectivity index is 1.54. The Morgan fingerprint density at radius 1 is 1.20 bits per heavy atom. The van der Waals surface area contributed by atoms with E-state index < -0.39 is 5.41 Å². The van der Waals surface area contributed by atoms with Gasteiger partial charge >= 0.3 is 5.97 Å². The molecule has 2 heterocycles. The predicted molar refractivity (Wildman–Crippen MR) is 93.3 cm³/mol. The first-order chi connectivity index (χ1) is 12.1. The van der Waals surface area contributed by atoms with Crippen molar-refractivity contribution in [1.82, 2.24) is 9.38 Å². The summed E-state index contributed by atoms with van der Waals surface area (Å²) in [6, 6.07) is 14.8. The van der Waals surface area contributed by atoms with Crippen molar-refractivity contribution in [3.05, 3.63) is 81.9 Å². The Kier molecular flexibility index (Phi) is 3.64. The first-order valence-electron chi connectivity index (χ1n) is 8.30. The van der Waals surface area contributed by atoms with Gasteiger partial charge in [0.05, 0.1) is 11.1 Å². The van der Waals surface area contributed by atoms with Gasteiger partial charge in [0.2, 0.25) is 0 Å². The molecule has 1 aliphatic carbocycles. The number of carbonyl (C=O) groups is 1. The molecule has 5 heteroatoms. The number of pyridine rings is 1. The van der Waals surface area contributed by atoms with Crippen molar-refractivity contribution in [2.45, 2.75) is 31.8 Å². The number of hydrogen-bond donors (Lipinski definition) is 0. The van der Waals surface area contributed by atoms with Crippen molar-refractivity contribution in [3.8, 4) is 0 Å². The second kappa shape index (κ2) is 5.84. The number of aryl methyl sites for hydroxylation is 1. The van der Waals surface area contributed by atoms with E-state index in [0.29, 0.717) is 11.3 Å². The zero-order chi connectivity index (χ0) is 17.4. The van der Waals surface area contributed by atoms with E-state index >= 15 is 0 Å². The van der Waals surface area contributed by atoms with Crippen LogP contribution in [0, 0.1) is 6.92 Å². The summed E-state index contributed by atoms with van der Waals surface area (Å²) < 4.78 is 6.98. The Hall–Kier alpha value is -2.95. The quantitative estimate of drug-likeness (QED) is 0.688. The van der Waals surface area contributed by atoms with Crippen molar-refractivity contribution in [2.75, 3.05) is 0 Å². The third-order valence-electron chi connectivity index (χ3n) is 4.68. The van der Waals surface area contributed by atoms with E-state index in [1.54, 1.807) is 12.3 Å². The summed E-state index contributed by atoms with van der Waals surface area (Å²) in [6.45, 7) is 1.92. The summed E-state index contributed by atoms with van der Waals surface area (Å²) in [4.78, 5) is 29.2. The lowest BCUT2D eigenvalue weighted by Crippen LogP contribution is -2.24. The summed E-state index contributed by atoms with van der Waals surface area (Å²) in [7, 11) is 0. The molecule has 25 heavy (non-hydrogen) atoms. The maximum Gasteiger partial charge on any atom is 0.316 e. The van der Waals surface area contributed by atoms with Gasteiger partial charge in [-0.05, 0) is 37.0 Å². The van der Waals surface area contributed by atoms with Crippen molar-refractivity contribution < 1.29 is 9.53 Å². The zero-order valence-corrected chi connectivity index (χ0v) is 13.9. The maximum absolute atomic E-state index is 12.6. The lowest BCUT2D eigenvalue weighted by atomic mass is 9.96. The van der Waals surface area contributed by atoms with E-state index in [1.807, 2.05) is 43.3 Å². The fourth-order valence-corrected chi connectivity index (χ4v) is 3.10. The molecule has 0 atom stereocenters. The summed E-state index contributed by atoms with van der Waals surface area (Å²) in [5, 5.41) is 0. The number of fused-ring (bicyclic) bond motifs is 1. The highest BCUT2D eigenvalue weighted by molar-refractivity contribution is 5.86. The van der Waals surface area contributed by atoms with E-state index in [0.717, 1.165) is 24.0 Å². The molecular formula is C20H18N2O3. The second-order valence-electron chi connectivity index (χ2n) is 6.54. The number of hydrogen-bond acceptors (Lipinski definition) is 4. The van der Waals surface area contributed by atoms with Gasteiger partial charge in [0.1, 0.15) is 12.3 Å². The summed E-state index contributed by atoms with van der Waals surface area (Å²) >= 11 is 0. The van der Waals surface area contributed by atoms with Crippen LogP contribution in [-0.2, 0) is 21.6 Å². The smallest absolute Gasteiger partial charge is 0.316 e. The molecule has 0 aliphatic heterocycles. The van der Waals surface area contributed by atoms with Crippen molar-refractivity contribution in [2.24, 2.45) is 0 Å². The minimum absolute atomic E-state index is 0.00698. The molecule has 0 bridgehead atoms. The minimum atomic E-state index is -0.524. The Morgan fingerprint density at radius 3 is 2.68 bits per heavy atom. The lowest BCUT2D eigenvalue weighted by molar-refractivity contribution is -0.148. The van der Waals surface area contributed by atoms with Crippen LogP contribution in [0.5, 0.6) is 0 Å². The third-order valence-corrected chi connectivity index (χ3v) is 4.68. The van der Waals surface area contributed by atoms with E-state index in [2.05, 4.69) is 4.98 Å². The second-order valence-corrected chi connectivity index (χ2v) is 6.54. The van der Waals surface area contributed by atoms with Crippen LogP contribution in [0.25, 0.3) is 5.65 Å². The zero-order valence-electron chi connectivity index (χ0n) is 13.9. The average Bonchev–Trinajstić information content (AvgIpc) is 3.43.